The average Bonchev–Trinajstić information content (AvgIpc) is 3.36. The Morgan fingerprint density at radius 3 is 1.76 bits per heavy atom. The van der Waals surface area contributed by atoms with E-state index in [1.54, 1.807) is 0 Å². The molecule has 1 aromatic heterocycles. The highest BCUT2D eigenvalue weighted by molar-refractivity contribution is 8.26. The van der Waals surface area contributed by atoms with Crippen LogP contribution >= 0.6 is 6.04 Å². The summed E-state index contributed by atoms with van der Waals surface area (Å²) >= 11 is 6.68. The Bertz CT molecular complexity index is 2180. The van der Waals surface area contributed by atoms with Gasteiger partial charge in [-0.25, -0.2) is 0 Å². The van der Waals surface area contributed by atoms with E-state index in [4.69, 9.17) is 21.3 Å². The minimum atomic E-state index is -2.39. The minimum Gasteiger partial charge on any atom is -0.456 e. The summed E-state index contributed by atoms with van der Waals surface area (Å²) in [5, 5.41) is 5.70. The van der Waals surface area contributed by atoms with Crippen molar-refractivity contribution in [2.24, 2.45) is 0 Å². The smallest absolute Gasteiger partial charge is 0.140 e. The van der Waals surface area contributed by atoms with E-state index >= 15 is 0 Å². The molecule has 0 bridgehead atoms. The van der Waals surface area contributed by atoms with Crippen LogP contribution in [0.25, 0.3) is 38.6 Å². The van der Waals surface area contributed by atoms with Gasteiger partial charge in [-0.1, -0.05) is 84.6 Å². The standard InChI is InChI=1S/C36H22NO2PS/c41-40-34-15-6-5-12-30(34)38-32-13-7-14-33(36(32)40)39-31-21-18-24(22-35(31)40)23-16-19-25(20-17-23)37-28-10-3-1-8-26(28)27-9-2-4-11-29(27)37/h1-22H/t40-/m1/s1. The van der Waals surface area contributed by atoms with E-state index in [-0.39, 0.29) is 0 Å². The van der Waals surface area contributed by atoms with Gasteiger partial charge in [0.25, 0.3) is 0 Å². The third-order valence-electron chi connectivity index (χ3n) is 8.26. The fourth-order valence-corrected chi connectivity index (χ4v) is 10.9. The number of fused-ring (bicyclic) bond motifs is 7. The molecule has 0 fully saturated rings. The molecule has 0 spiro atoms. The van der Waals surface area contributed by atoms with Crippen molar-refractivity contribution in [3.05, 3.63) is 133 Å². The van der Waals surface area contributed by atoms with E-state index < -0.39 is 6.04 Å². The monoisotopic (exact) mass is 563 g/mol. The van der Waals surface area contributed by atoms with Gasteiger partial charge in [-0.2, -0.15) is 0 Å². The van der Waals surface area contributed by atoms with Crippen molar-refractivity contribution in [1.82, 2.24) is 4.57 Å². The molecule has 0 saturated carbocycles. The van der Waals surface area contributed by atoms with Gasteiger partial charge in [0, 0.05) is 27.1 Å². The Balaban J connectivity index is 1.19. The van der Waals surface area contributed by atoms with E-state index in [1.807, 2.05) is 30.3 Å². The second-order valence-electron chi connectivity index (χ2n) is 10.5. The molecule has 0 unspecified atom stereocenters. The lowest BCUT2D eigenvalue weighted by molar-refractivity contribution is 0.466. The molecule has 0 aliphatic carbocycles. The maximum absolute atomic E-state index is 6.68. The lowest BCUT2D eigenvalue weighted by Crippen LogP contribution is -2.34. The Labute approximate surface area is 242 Å². The molecule has 0 N–H and O–H groups in total. The molecule has 3 nitrogen and oxygen atoms in total. The first kappa shape index (κ1) is 23.1. The van der Waals surface area contributed by atoms with Crippen LogP contribution in [0.15, 0.2) is 133 Å². The van der Waals surface area contributed by atoms with Crippen LogP contribution in [0, 0.1) is 0 Å². The molecule has 2 aliphatic heterocycles. The zero-order chi connectivity index (χ0) is 27.1. The molecule has 0 amide bonds. The molecule has 0 radical (unpaired) electrons. The topological polar surface area (TPSA) is 23.4 Å². The van der Waals surface area contributed by atoms with Crippen molar-refractivity contribution in [3.63, 3.8) is 0 Å². The first-order valence-corrected chi connectivity index (χ1v) is 16.4. The molecule has 5 heteroatoms. The predicted octanol–water partition coefficient (Wildman–Crippen LogP) is 8.42. The fraction of sp³-hybridized carbons (Fsp3) is 0. The van der Waals surface area contributed by atoms with Crippen molar-refractivity contribution in [2.45, 2.75) is 0 Å². The Morgan fingerprint density at radius 1 is 0.488 bits per heavy atom. The molecule has 3 heterocycles. The van der Waals surface area contributed by atoms with Gasteiger partial charge in [-0.05, 0) is 71.8 Å². The lowest BCUT2D eigenvalue weighted by Gasteiger charge is -2.37. The van der Waals surface area contributed by atoms with Crippen molar-refractivity contribution >= 4 is 55.6 Å². The summed E-state index contributed by atoms with van der Waals surface area (Å²) in [4.78, 5) is 0. The summed E-state index contributed by atoms with van der Waals surface area (Å²) in [6, 6.07) is 44.3. The molecular formula is C36H22NO2PS. The number of rotatable bonds is 2. The maximum Gasteiger partial charge on any atom is 0.140 e. The van der Waals surface area contributed by atoms with Gasteiger partial charge in [0.1, 0.15) is 23.0 Å². The summed E-state index contributed by atoms with van der Waals surface area (Å²) in [5.74, 6) is 3.28. The van der Waals surface area contributed by atoms with Gasteiger partial charge in [0.15, 0.2) is 0 Å². The number of hydrogen-bond donors (Lipinski definition) is 0. The largest absolute Gasteiger partial charge is 0.456 e. The quantitative estimate of drug-likeness (QED) is 0.197. The van der Waals surface area contributed by atoms with Crippen LogP contribution in [-0.4, -0.2) is 4.57 Å². The van der Waals surface area contributed by atoms with Gasteiger partial charge in [-0.3, -0.25) is 0 Å². The average molecular weight is 564 g/mol. The van der Waals surface area contributed by atoms with Crippen molar-refractivity contribution in [3.8, 4) is 39.8 Å². The minimum absolute atomic E-state index is 0.802. The van der Waals surface area contributed by atoms with Gasteiger partial charge >= 0.3 is 0 Å². The van der Waals surface area contributed by atoms with Crippen molar-refractivity contribution < 1.29 is 9.47 Å². The van der Waals surface area contributed by atoms with Crippen molar-refractivity contribution in [2.75, 3.05) is 0 Å². The summed E-state index contributed by atoms with van der Waals surface area (Å²) in [5.41, 5.74) is 5.81. The zero-order valence-electron chi connectivity index (χ0n) is 21.8. The molecule has 6 aromatic carbocycles. The van der Waals surface area contributed by atoms with Gasteiger partial charge in [0.05, 0.1) is 22.4 Å². The number of para-hydroxylation sites is 3. The zero-order valence-corrected chi connectivity index (χ0v) is 23.5. The molecule has 9 rings (SSSR count). The van der Waals surface area contributed by atoms with Crippen LogP contribution in [-0.2, 0) is 11.8 Å². The van der Waals surface area contributed by atoms with Crippen LogP contribution in [0.1, 0.15) is 0 Å². The molecule has 41 heavy (non-hydrogen) atoms. The molecule has 194 valence electrons. The van der Waals surface area contributed by atoms with Gasteiger partial charge < -0.3 is 14.0 Å². The van der Waals surface area contributed by atoms with Gasteiger partial charge in [-0.15, -0.1) is 0 Å². The number of hydrogen-bond acceptors (Lipinski definition) is 3. The lowest BCUT2D eigenvalue weighted by atomic mass is 10.0. The fourth-order valence-electron chi connectivity index (χ4n) is 6.42. The first-order valence-electron chi connectivity index (χ1n) is 13.6. The van der Waals surface area contributed by atoms with Crippen LogP contribution in [0.2, 0.25) is 0 Å². The Morgan fingerprint density at radius 2 is 1.05 bits per heavy atom. The van der Waals surface area contributed by atoms with E-state index in [0.717, 1.165) is 55.7 Å². The van der Waals surface area contributed by atoms with Crippen molar-refractivity contribution in [1.29, 1.82) is 0 Å². The first-order chi connectivity index (χ1) is 20.2. The summed E-state index contributed by atoms with van der Waals surface area (Å²) in [6.45, 7) is 0. The second-order valence-corrected chi connectivity index (χ2v) is 14.8. The normalized spacial score (nSPS) is 16.4. The Hall–Kier alpha value is -4.63. The van der Waals surface area contributed by atoms with Crippen LogP contribution in [0.3, 0.4) is 0 Å². The molecular weight excluding hydrogens is 541 g/mol. The summed E-state index contributed by atoms with van der Waals surface area (Å²) < 4.78 is 15.1. The number of nitrogens with zero attached hydrogens (tertiary/aromatic N) is 1. The third kappa shape index (κ3) is 3.18. The molecule has 2 aliphatic rings. The highest BCUT2D eigenvalue weighted by Crippen LogP contribution is 2.58. The van der Waals surface area contributed by atoms with E-state index in [2.05, 4.69) is 108 Å². The third-order valence-corrected chi connectivity index (χ3v) is 13.1. The predicted molar refractivity (Wildman–Crippen MR) is 172 cm³/mol. The molecule has 0 saturated heterocycles. The SMILES string of the molecule is S=[P@@]12c3ccccc3Oc3cccc(c31)Oc1ccc(-c3ccc(-n4c5ccccc5c5ccccc54)cc3)cc12. The molecule has 7 aromatic rings. The second kappa shape index (κ2) is 8.44. The van der Waals surface area contributed by atoms with E-state index in [1.165, 1.54) is 21.8 Å². The van der Waals surface area contributed by atoms with Crippen LogP contribution in [0.4, 0.5) is 0 Å². The number of benzene rings is 6. The van der Waals surface area contributed by atoms with Crippen LogP contribution < -0.4 is 25.4 Å². The molecule has 1 atom stereocenters. The Kier molecular flexibility index (Phi) is 4.76. The van der Waals surface area contributed by atoms with Gasteiger partial charge in [0.2, 0.25) is 0 Å². The van der Waals surface area contributed by atoms with E-state index in [0.29, 0.717) is 0 Å². The number of aromatic nitrogens is 1. The number of ether oxygens (including phenoxy) is 2. The highest BCUT2D eigenvalue weighted by Gasteiger charge is 2.42. The summed E-state index contributed by atoms with van der Waals surface area (Å²) in [6.07, 6.45) is 0. The summed E-state index contributed by atoms with van der Waals surface area (Å²) in [7, 11) is 0. The maximum atomic E-state index is 6.68. The van der Waals surface area contributed by atoms with E-state index in [9.17, 15) is 0 Å². The van der Waals surface area contributed by atoms with Crippen LogP contribution in [0.5, 0.6) is 23.0 Å². The highest BCUT2D eigenvalue weighted by atomic mass is 32.4.